The van der Waals surface area contributed by atoms with Gasteiger partial charge in [0.25, 0.3) is 0 Å². The molecule has 0 bridgehead atoms. The van der Waals surface area contributed by atoms with Gasteiger partial charge < -0.3 is 25.9 Å². The van der Waals surface area contributed by atoms with Crippen molar-refractivity contribution in [3.8, 4) is 0 Å². The van der Waals surface area contributed by atoms with E-state index in [1.807, 2.05) is 0 Å². The fraction of sp³-hybridized carbons (Fsp3) is 0.778. The van der Waals surface area contributed by atoms with Crippen LogP contribution in [0.2, 0.25) is 0 Å². The van der Waals surface area contributed by atoms with Crippen molar-refractivity contribution in [2.45, 2.75) is 84.4 Å². The van der Waals surface area contributed by atoms with Crippen molar-refractivity contribution in [1.29, 1.82) is 0 Å². The second-order valence-electron chi connectivity index (χ2n) is 7.39. The Morgan fingerprint density at radius 2 is 1.54 bits per heavy atom. The normalized spacial score (nSPS) is 13.5. The van der Waals surface area contributed by atoms with Gasteiger partial charge >= 0.3 is 12.0 Å². The smallest absolute Gasteiger partial charge is 0.329 e. The fourth-order valence-corrected chi connectivity index (χ4v) is 2.20. The Morgan fingerprint density at radius 1 is 0.962 bits per heavy atom. The molecule has 0 aliphatic carbocycles. The molecular formula is C18H33N3O5. The lowest BCUT2D eigenvalue weighted by Gasteiger charge is -2.25. The van der Waals surface area contributed by atoms with Gasteiger partial charge in [0.2, 0.25) is 0 Å². The molecule has 8 nitrogen and oxygen atoms in total. The molecule has 0 aliphatic rings. The Balaban J connectivity index is 4.88. The highest BCUT2D eigenvalue weighted by atomic mass is 16.6. The largest absolute Gasteiger partial charge is 0.458 e. The average molecular weight is 371 g/mol. The number of esters is 1. The lowest BCUT2D eigenvalue weighted by molar-refractivity contribution is -0.157. The number of nitrogens with one attached hydrogen (secondary N) is 2. The Labute approximate surface area is 155 Å². The molecule has 0 radical (unpaired) electrons. The van der Waals surface area contributed by atoms with Gasteiger partial charge in [-0.05, 0) is 66.8 Å². The summed E-state index contributed by atoms with van der Waals surface area (Å²) in [6, 6.07) is -2.25. The minimum atomic E-state index is -0.832. The molecule has 0 saturated heterocycles. The summed E-state index contributed by atoms with van der Waals surface area (Å²) in [6.07, 6.45) is 2.18. The lowest BCUT2D eigenvalue weighted by Crippen LogP contribution is -2.51. The maximum atomic E-state index is 12.3. The first-order valence-electron chi connectivity index (χ1n) is 8.96. The van der Waals surface area contributed by atoms with E-state index in [1.54, 1.807) is 20.8 Å². The number of unbranched alkanes of at least 4 members (excludes halogenated alkanes) is 1. The zero-order valence-corrected chi connectivity index (χ0v) is 16.5. The summed E-state index contributed by atoms with van der Waals surface area (Å²) in [4.78, 5) is 47.3. The SMILES string of the molecule is CC(=O)CCC(NC(=O)N[C@@H](CCCCN)C(=O)OC(C)(C)C)C(C)=O. The van der Waals surface area contributed by atoms with E-state index in [0.29, 0.717) is 19.4 Å². The van der Waals surface area contributed by atoms with Crippen LogP contribution in [0.1, 0.15) is 66.7 Å². The van der Waals surface area contributed by atoms with Gasteiger partial charge in [-0.2, -0.15) is 0 Å². The molecule has 2 atom stereocenters. The molecule has 0 fully saturated rings. The average Bonchev–Trinajstić information content (AvgIpc) is 2.48. The highest BCUT2D eigenvalue weighted by molar-refractivity contribution is 5.89. The summed E-state index contributed by atoms with van der Waals surface area (Å²) in [7, 11) is 0. The van der Waals surface area contributed by atoms with Crippen molar-refractivity contribution in [2.24, 2.45) is 5.73 Å². The van der Waals surface area contributed by atoms with E-state index < -0.39 is 29.7 Å². The van der Waals surface area contributed by atoms with E-state index in [0.717, 1.165) is 6.42 Å². The fourth-order valence-electron chi connectivity index (χ4n) is 2.20. The Kier molecular flexibility index (Phi) is 10.7. The van der Waals surface area contributed by atoms with Crippen molar-refractivity contribution < 1.29 is 23.9 Å². The van der Waals surface area contributed by atoms with Gasteiger partial charge in [0.05, 0.1) is 6.04 Å². The number of nitrogens with two attached hydrogens (primary N) is 1. The summed E-state index contributed by atoms with van der Waals surface area (Å²) in [5.74, 6) is -0.849. The number of rotatable bonds is 11. The number of carbonyl (C=O) groups excluding carboxylic acids is 4. The molecule has 0 aliphatic heterocycles. The zero-order valence-electron chi connectivity index (χ0n) is 16.5. The van der Waals surface area contributed by atoms with Gasteiger partial charge in [0.1, 0.15) is 17.4 Å². The zero-order chi connectivity index (χ0) is 20.3. The summed E-state index contributed by atoms with van der Waals surface area (Å²) < 4.78 is 5.34. The number of carbonyl (C=O) groups is 4. The monoisotopic (exact) mass is 371 g/mol. The van der Waals surface area contributed by atoms with Crippen LogP contribution in [-0.2, 0) is 19.1 Å². The van der Waals surface area contributed by atoms with Crippen LogP contribution in [0.5, 0.6) is 0 Å². The molecule has 2 amide bonds. The van der Waals surface area contributed by atoms with Crippen LogP contribution < -0.4 is 16.4 Å². The van der Waals surface area contributed by atoms with Crippen LogP contribution in [0.25, 0.3) is 0 Å². The maximum Gasteiger partial charge on any atom is 0.329 e. The molecule has 8 heteroatoms. The molecule has 0 aromatic heterocycles. The van der Waals surface area contributed by atoms with Crippen molar-refractivity contribution >= 4 is 23.6 Å². The first-order valence-corrected chi connectivity index (χ1v) is 8.96. The minimum Gasteiger partial charge on any atom is -0.458 e. The first kappa shape index (κ1) is 24.0. The minimum absolute atomic E-state index is 0.0631. The van der Waals surface area contributed by atoms with Gasteiger partial charge in [-0.1, -0.05) is 0 Å². The Bertz CT molecular complexity index is 500. The molecule has 26 heavy (non-hydrogen) atoms. The van der Waals surface area contributed by atoms with E-state index in [2.05, 4.69) is 10.6 Å². The summed E-state index contributed by atoms with van der Waals surface area (Å²) in [5.41, 5.74) is 4.79. The van der Waals surface area contributed by atoms with Gasteiger partial charge in [-0.15, -0.1) is 0 Å². The van der Waals surface area contributed by atoms with Crippen LogP contribution in [0.15, 0.2) is 0 Å². The number of ether oxygens (including phenoxy) is 1. The second-order valence-corrected chi connectivity index (χ2v) is 7.39. The van der Waals surface area contributed by atoms with Gasteiger partial charge in [-0.3, -0.25) is 4.79 Å². The van der Waals surface area contributed by atoms with Crippen LogP contribution in [0.4, 0.5) is 4.79 Å². The van der Waals surface area contributed by atoms with E-state index in [-0.39, 0.29) is 24.4 Å². The standard InChI is InChI=1S/C18H33N3O5/c1-12(22)9-10-14(13(2)23)20-17(25)21-15(8-6-7-11-19)16(24)26-18(3,4)5/h14-15H,6-11,19H2,1-5H3,(H2,20,21,25)/t14?,15-/m0/s1. The highest BCUT2D eigenvalue weighted by Crippen LogP contribution is 2.11. The molecule has 0 saturated carbocycles. The predicted molar refractivity (Wildman–Crippen MR) is 98.6 cm³/mol. The van der Waals surface area contributed by atoms with E-state index >= 15 is 0 Å². The van der Waals surface area contributed by atoms with Crippen molar-refractivity contribution in [2.75, 3.05) is 6.54 Å². The maximum absolute atomic E-state index is 12.3. The van der Waals surface area contributed by atoms with Crippen LogP contribution >= 0.6 is 0 Å². The third-order valence-electron chi connectivity index (χ3n) is 3.52. The quantitative estimate of drug-likeness (QED) is 0.372. The number of hydrogen-bond acceptors (Lipinski definition) is 6. The molecule has 0 heterocycles. The lowest BCUT2D eigenvalue weighted by atomic mass is 10.1. The number of amides is 2. The Morgan fingerprint density at radius 3 is 2.00 bits per heavy atom. The third kappa shape index (κ3) is 11.6. The number of urea groups is 1. The van der Waals surface area contributed by atoms with Crippen molar-refractivity contribution in [3.05, 3.63) is 0 Å². The van der Waals surface area contributed by atoms with E-state index in [1.165, 1.54) is 13.8 Å². The summed E-state index contributed by atoms with van der Waals surface area (Å²) >= 11 is 0. The molecule has 0 rings (SSSR count). The number of ketones is 2. The number of Topliss-reactive ketones (excluding diaryl/α,β-unsaturated/α-hetero) is 2. The van der Waals surface area contributed by atoms with Crippen LogP contribution in [-0.4, -0.2) is 47.8 Å². The van der Waals surface area contributed by atoms with E-state index in [4.69, 9.17) is 10.5 Å². The van der Waals surface area contributed by atoms with Gasteiger partial charge in [-0.25, -0.2) is 9.59 Å². The first-order chi connectivity index (χ1) is 12.0. The third-order valence-corrected chi connectivity index (χ3v) is 3.52. The van der Waals surface area contributed by atoms with Crippen molar-refractivity contribution in [1.82, 2.24) is 10.6 Å². The predicted octanol–water partition coefficient (Wildman–Crippen LogP) is 1.45. The Hall–Kier alpha value is -1.96. The molecule has 0 aromatic rings. The van der Waals surface area contributed by atoms with Crippen molar-refractivity contribution in [3.63, 3.8) is 0 Å². The molecule has 0 spiro atoms. The van der Waals surface area contributed by atoms with E-state index in [9.17, 15) is 19.2 Å². The second kappa shape index (κ2) is 11.6. The van der Waals surface area contributed by atoms with Gasteiger partial charge in [0, 0.05) is 6.42 Å². The molecular weight excluding hydrogens is 338 g/mol. The topological polar surface area (TPSA) is 128 Å². The molecule has 1 unspecified atom stereocenters. The van der Waals surface area contributed by atoms with Crippen LogP contribution in [0.3, 0.4) is 0 Å². The summed E-state index contributed by atoms with van der Waals surface area (Å²) in [5, 5.41) is 5.09. The van der Waals surface area contributed by atoms with Crippen LogP contribution in [0, 0.1) is 0 Å². The molecule has 150 valence electrons. The molecule has 4 N–H and O–H groups in total. The number of hydrogen-bond donors (Lipinski definition) is 3. The highest BCUT2D eigenvalue weighted by Gasteiger charge is 2.27. The van der Waals surface area contributed by atoms with Gasteiger partial charge in [0.15, 0.2) is 5.78 Å². The molecule has 0 aromatic carbocycles. The summed E-state index contributed by atoms with van der Waals surface area (Å²) in [6.45, 7) is 8.50.